The molecule has 0 bridgehead atoms. The topological polar surface area (TPSA) is 38.3 Å². The van der Waals surface area contributed by atoms with E-state index in [1.165, 1.54) is 0 Å². The number of carbonyl (C=O) groups is 1. The highest BCUT2D eigenvalue weighted by Gasteiger charge is 2.24. The Hall–Kier alpha value is -1.52. The zero-order valence-electron chi connectivity index (χ0n) is 15.6. The second kappa shape index (κ2) is 8.92. The molecule has 0 saturated heterocycles. The van der Waals surface area contributed by atoms with Crippen molar-refractivity contribution in [3.05, 3.63) is 69.2 Å². The van der Waals surface area contributed by atoms with E-state index in [2.05, 4.69) is 33.4 Å². The number of benzene rings is 2. The second-order valence-electron chi connectivity index (χ2n) is 7.43. The lowest BCUT2D eigenvalue weighted by molar-refractivity contribution is 0.0501. The molecule has 2 rings (SSSR count). The lowest BCUT2D eigenvalue weighted by Crippen LogP contribution is -2.41. The number of alkyl carbamates (subject to hydrolysis) is 1. The number of amides is 1. The van der Waals surface area contributed by atoms with Gasteiger partial charge in [-0.1, -0.05) is 51.8 Å². The minimum Gasteiger partial charge on any atom is -0.444 e. The highest BCUT2D eigenvalue weighted by atomic mass is 79.9. The minimum absolute atomic E-state index is 0.0983. The van der Waals surface area contributed by atoms with E-state index >= 15 is 0 Å². The Balaban J connectivity index is 2.22. The van der Waals surface area contributed by atoms with E-state index in [0.717, 1.165) is 22.0 Å². The van der Waals surface area contributed by atoms with Gasteiger partial charge < -0.3 is 10.1 Å². The molecule has 0 aliphatic heterocycles. The Morgan fingerprint density at radius 2 is 1.85 bits per heavy atom. The van der Waals surface area contributed by atoms with E-state index in [0.29, 0.717) is 5.02 Å². The van der Waals surface area contributed by atoms with Gasteiger partial charge in [0, 0.05) is 21.5 Å². The highest BCUT2D eigenvalue weighted by Crippen LogP contribution is 2.27. The van der Waals surface area contributed by atoms with Gasteiger partial charge in [-0.25, -0.2) is 4.79 Å². The number of halogens is 2. The second-order valence-corrected chi connectivity index (χ2v) is 8.78. The molecule has 0 radical (unpaired) electrons. The van der Waals surface area contributed by atoms with Crippen molar-refractivity contribution in [2.24, 2.45) is 0 Å². The fourth-order valence-corrected chi connectivity index (χ4v) is 3.33. The molecule has 2 atom stereocenters. The summed E-state index contributed by atoms with van der Waals surface area (Å²) in [5, 5.41) is 3.70. The first kappa shape index (κ1) is 20.8. The van der Waals surface area contributed by atoms with Crippen LogP contribution in [0.3, 0.4) is 0 Å². The van der Waals surface area contributed by atoms with Crippen LogP contribution in [0, 0.1) is 0 Å². The van der Waals surface area contributed by atoms with E-state index in [9.17, 15) is 4.79 Å². The molecular weight excluding hydrogens is 414 g/mol. The third-order valence-corrected chi connectivity index (χ3v) is 4.74. The first-order valence-corrected chi connectivity index (χ1v) is 9.80. The van der Waals surface area contributed by atoms with Crippen molar-refractivity contribution in [3.8, 4) is 0 Å². The maximum Gasteiger partial charge on any atom is 0.407 e. The van der Waals surface area contributed by atoms with Crippen LogP contribution in [0.15, 0.2) is 53.0 Å². The third-order valence-electron chi connectivity index (χ3n) is 3.99. The van der Waals surface area contributed by atoms with Gasteiger partial charge in [-0.15, -0.1) is 0 Å². The van der Waals surface area contributed by atoms with Gasteiger partial charge in [-0.2, -0.15) is 0 Å². The Morgan fingerprint density at radius 1 is 1.19 bits per heavy atom. The van der Waals surface area contributed by atoms with Crippen LogP contribution in [0.2, 0.25) is 5.02 Å². The number of rotatable bonds is 5. The summed E-state index contributed by atoms with van der Waals surface area (Å²) in [5.41, 5.74) is 1.79. The van der Waals surface area contributed by atoms with Gasteiger partial charge in [0.15, 0.2) is 0 Å². The molecule has 0 aliphatic carbocycles. The Morgan fingerprint density at radius 3 is 2.42 bits per heavy atom. The quantitative estimate of drug-likeness (QED) is 0.591. The van der Waals surface area contributed by atoms with Crippen molar-refractivity contribution in [2.75, 3.05) is 0 Å². The average molecular weight is 439 g/mol. The summed E-state index contributed by atoms with van der Waals surface area (Å²) >= 11 is 9.53. The SMILES string of the molecule is C[C@H](NC(=O)OC(C)(C)C)[C@@H](Cc1ccc(Cl)cc1)c1cccc(Br)c1. The van der Waals surface area contributed by atoms with Crippen LogP contribution in [0.25, 0.3) is 0 Å². The van der Waals surface area contributed by atoms with Gasteiger partial charge >= 0.3 is 6.09 Å². The summed E-state index contributed by atoms with van der Waals surface area (Å²) < 4.78 is 6.42. The van der Waals surface area contributed by atoms with Gasteiger partial charge in [-0.3, -0.25) is 0 Å². The van der Waals surface area contributed by atoms with E-state index in [1.54, 1.807) is 0 Å². The predicted molar refractivity (Wildman–Crippen MR) is 111 cm³/mol. The Bertz CT molecular complexity index is 740. The summed E-state index contributed by atoms with van der Waals surface area (Å²) in [4.78, 5) is 12.2. The van der Waals surface area contributed by atoms with E-state index in [-0.39, 0.29) is 12.0 Å². The number of ether oxygens (including phenoxy) is 1. The molecule has 3 nitrogen and oxygen atoms in total. The third kappa shape index (κ3) is 6.65. The molecule has 2 aromatic carbocycles. The van der Waals surface area contributed by atoms with Crippen LogP contribution < -0.4 is 5.32 Å². The predicted octanol–water partition coefficient (Wildman–Crippen LogP) is 6.34. The number of hydrogen-bond donors (Lipinski definition) is 1. The molecule has 140 valence electrons. The molecule has 0 aliphatic rings. The van der Waals surface area contributed by atoms with Gasteiger partial charge in [0.1, 0.15) is 5.60 Å². The molecule has 0 heterocycles. The lowest BCUT2D eigenvalue weighted by atomic mass is 9.86. The zero-order chi connectivity index (χ0) is 19.3. The molecule has 0 spiro atoms. The van der Waals surface area contributed by atoms with Crippen molar-refractivity contribution in [2.45, 2.75) is 51.7 Å². The summed E-state index contributed by atoms with van der Waals surface area (Å²) in [5.74, 6) is 0.0983. The van der Waals surface area contributed by atoms with Crippen molar-refractivity contribution in [3.63, 3.8) is 0 Å². The number of nitrogens with one attached hydrogen (secondary N) is 1. The fourth-order valence-electron chi connectivity index (χ4n) is 2.79. The maximum absolute atomic E-state index is 12.2. The molecule has 5 heteroatoms. The van der Waals surface area contributed by atoms with Gasteiger partial charge in [0.05, 0.1) is 0 Å². The molecular formula is C21H25BrClNO2. The summed E-state index contributed by atoms with van der Waals surface area (Å²) in [6.45, 7) is 7.58. The smallest absolute Gasteiger partial charge is 0.407 e. The normalized spacial score (nSPS) is 13.8. The molecule has 0 saturated carbocycles. The fraction of sp³-hybridized carbons (Fsp3) is 0.381. The standard InChI is InChI=1S/C21H25BrClNO2/c1-14(24-20(25)26-21(2,3)4)19(16-6-5-7-17(22)13-16)12-15-8-10-18(23)11-9-15/h5-11,13-14,19H,12H2,1-4H3,(H,24,25)/t14-,19+/m0/s1. The number of hydrogen-bond acceptors (Lipinski definition) is 2. The van der Waals surface area contributed by atoms with E-state index < -0.39 is 11.7 Å². The molecule has 0 fully saturated rings. The van der Waals surface area contributed by atoms with Crippen LogP contribution in [-0.4, -0.2) is 17.7 Å². The lowest BCUT2D eigenvalue weighted by Gasteiger charge is -2.28. The van der Waals surface area contributed by atoms with Crippen molar-refractivity contribution < 1.29 is 9.53 Å². The number of carbonyl (C=O) groups excluding carboxylic acids is 1. The Labute approximate surface area is 169 Å². The molecule has 2 aromatic rings. The van der Waals surface area contributed by atoms with Crippen LogP contribution in [0.1, 0.15) is 44.7 Å². The van der Waals surface area contributed by atoms with Gasteiger partial charge in [-0.05, 0) is 69.5 Å². The summed E-state index contributed by atoms with van der Waals surface area (Å²) in [6.07, 6.45) is 0.381. The van der Waals surface area contributed by atoms with Crippen LogP contribution in [-0.2, 0) is 11.2 Å². The van der Waals surface area contributed by atoms with E-state index in [1.807, 2.05) is 64.1 Å². The first-order valence-electron chi connectivity index (χ1n) is 8.63. The van der Waals surface area contributed by atoms with E-state index in [4.69, 9.17) is 16.3 Å². The molecule has 0 unspecified atom stereocenters. The molecule has 1 N–H and O–H groups in total. The Kier molecular flexibility index (Phi) is 7.13. The summed E-state index contributed by atoms with van der Waals surface area (Å²) in [6, 6.07) is 15.9. The maximum atomic E-state index is 12.2. The first-order chi connectivity index (χ1) is 12.1. The largest absolute Gasteiger partial charge is 0.444 e. The zero-order valence-corrected chi connectivity index (χ0v) is 17.9. The summed E-state index contributed by atoms with van der Waals surface area (Å²) in [7, 11) is 0. The van der Waals surface area contributed by atoms with Crippen molar-refractivity contribution in [1.82, 2.24) is 5.32 Å². The molecule has 26 heavy (non-hydrogen) atoms. The van der Waals surface area contributed by atoms with Crippen LogP contribution in [0.4, 0.5) is 4.79 Å². The van der Waals surface area contributed by atoms with Gasteiger partial charge in [0.2, 0.25) is 0 Å². The average Bonchev–Trinajstić information content (AvgIpc) is 2.52. The minimum atomic E-state index is -0.523. The highest BCUT2D eigenvalue weighted by molar-refractivity contribution is 9.10. The van der Waals surface area contributed by atoms with Crippen molar-refractivity contribution in [1.29, 1.82) is 0 Å². The van der Waals surface area contributed by atoms with Crippen LogP contribution >= 0.6 is 27.5 Å². The van der Waals surface area contributed by atoms with Gasteiger partial charge in [0.25, 0.3) is 0 Å². The molecule has 1 amide bonds. The van der Waals surface area contributed by atoms with Crippen LogP contribution in [0.5, 0.6) is 0 Å². The molecule has 0 aromatic heterocycles. The van der Waals surface area contributed by atoms with Crippen molar-refractivity contribution >= 4 is 33.6 Å². The monoisotopic (exact) mass is 437 g/mol.